The molecule has 2 N–H and O–H groups in total. The Morgan fingerprint density at radius 3 is 2.42 bits per heavy atom. The number of carboxylic acid groups (broad SMARTS) is 1. The molecule has 1 unspecified atom stereocenters. The van der Waals surface area contributed by atoms with Gasteiger partial charge in [-0.15, -0.1) is 0 Å². The molecule has 0 aromatic rings. The largest absolute Gasteiger partial charge is 0.480 e. The van der Waals surface area contributed by atoms with E-state index in [1.165, 1.54) is 18.9 Å². The number of hydrogen-bond donors (Lipinski definition) is 2. The molecule has 2 amide bonds. The summed E-state index contributed by atoms with van der Waals surface area (Å²) in [7, 11) is 1.46. The average Bonchev–Trinajstić information content (AvgIpc) is 2.90. The van der Waals surface area contributed by atoms with Crippen LogP contribution in [0.25, 0.3) is 0 Å². The molecule has 108 valence electrons. The van der Waals surface area contributed by atoms with Gasteiger partial charge in [0.1, 0.15) is 6.04 Å². The standard InChI is InChI=1S/C13H22N2O4/c1-9(13(18)19)15(2)11(16)7-8-14-12(17)10-5-3-4-6-10/h9-10H,3-8H2,1-2H3,(H,14,17)(H,18,19). The molecule has 1 fully saturated rings. The first-order valence-corrected chi connectivity index (χ1v) is 6.69. The molecule has 0 spiro atoms. The van der Waals surface area contributed by atoms with Gasteiger partial charge in [-0.3, -0.25) is 9.59 Å². The van der Waals surface area contributed by atoms with Crippen molar-refractivity contribution in [2.45, 2.75) is 45.1 Å². The minimum atomic E-state index is -1.04. The van der Waals surface area contributed by atoms with E-state index in [2.05, 4.69) is 5.32 Å². The molecule has 1 saturated carbocycles. The number of aliphatic carboxylic acids is 1. The maximum Gasteiger partial charge on any atom is 0.326 e. The van der Waals surface area contributed by atoms with Gasteiger partial charge in [-0.1, -0.05) is 12.8 Å². The van der Waals surface area contributed by atoms with Gasteiger partial charge < -0.3 is 15.3 Å². The third-order valence-electron chi connectivity index (χ3n) is 3.70. The van der Waals surface area contributed by atoms with Gasteiger partial charge in [0.2, 0.25) is 11.8 Å². The van der Waals surface area contributed by atoms with Crippen molar-refractivity contribution in [2.24, 2.45) is 5.92 Å². The van der Waals surface area contributed by atoms with Crippen molar-refractivity contribution in [2.75, 3.05) is 13.6 Å². The van der Waals surface area contributed by atoms with E-state index in [0.29, 0.717) is 0 Å². The van der Waals surface area contributed by atoms with Crippen LogP contribution >= 0.6 is 0 Å². The number of carbonyl (C=O) groups excluding carboxylic acids is 2. The Morgan fingerprint density at radius 1 is 1.32 bits per heavy atom. The first-order chi connectivity index (χ1) is 8.93. The molecule has 0 aliphatic heterocycles. The van der Waals surface area contributed by atoms with Crippen LogP contribution in [0.5, 0.6) is 0 Å². The number of nitrogens with one attached hydrogen (secondary N) is 1. The molecular weight excluding hydrogens is 248 g/mol. The van der Waals surface area contributed by atoms with E-state index in [-0.39, 0.29) is 30.7 Å². The van der Waals surface area contributed by atoms with E-state index in [1.807, 2.05) is 0 Å². The Morgan fingerprint density at radius 2 is 1.89 bits per heavy atom. The van der Waals surface area contributed by atoms with Gasteiger partial charge in [-0.05, 0) is 19.8 Å². The van der Waals surface area contributed by atoms with Crippen molar-refractivity contribution in [1.82, 2.24) is 10.2 Å². The molecule has 1 aliphatic rings. The number of carboxylic acids is 1. The monoisotopic (exact) mass is 270 g/mol. The molecule has 1 rings (SSSR count). The maximum atomic E-state index is 11.7. The molecule has 1 aliphatic carbocycles. The summed E-state index contributed by atoms with van der Waals surface area (Å²) in [4.78, 5) is 35.3. The van der Waals surface area contributed by atoms with Crippen LogP contribution in [0.2, 0.25) is 0 Å². The number of likely N-dealkylation sites (N-methyl/N-ethyl adjacent to an activating group) is 1. The second kappa shape index (κ2) is 7.11. The van der Waals surface area contributed by atoms with Gasteiger partial charge in [-0.25, -0.2) is 4.79 Å². The fourth-order valence-electron chi connectivity index (χ4n) is 2.18. The van der Waals surface area contributed by atoms with Gasteiger partial charge in [0.05, 0.1) is 0 Å². The Bertz CT molecular complexity index is 351. The zero-order chi connectivity index (χ0) is 14.4. The van der Waals surface area contributed by atoms with E-state index in [0.717, 1.165) is 25.7 Å². The quantitative estimate of drug-likeness (QED) is 0.740. The molecule has 0 saturated heterocycles. The first kappa shape index (κ1) is 15.5. The predicted octanol–water partition coefficient (Wildman–Crippen LogP) is 0.614. The summed E-state index contributed by atoms with van der Waals surface area (Å²) in [6.45, 7) is 1.72. The zero-order valence-corrected chi connectivity index (χ0v) is 11.5. The number of nitrogens with zero attached hydrogens (tertiary/aromatic N) is 1. The lowest BCUT2D eigenvalue weighted by molar-refractivity contribution is -0.148. The van der Waals surface area contributed by atoms with Crippen LogP contribution in [0.1, 0.15) is 39.0 Å². The smallest absolute Gasteiger partial charge is 0.326 e. The minimum absolute atomic E-state index is 0.0132. The lowest BCUT2D eigenvalue weighted by Crippen LogP contribution is -2.41. The Kier molecular flexibility index (Phi) is 5.79. The SMILES string of the molecule is CC(C(=O)O)N(C)C(=O)CCNC(=O)C1CCCC1. The lowest BCUT2D eigenvalue weighted by Gasteiger charge is -2.21. The van der Waals surface area contributed by atoms with Crippen molar-refractivity contribution in [3.05, 3.63) is 0 Å². The summed E-state index contributed by atoms with van der Waals surface area (Å²) in [5.74, 6) is -1.21. The van der Waals surface area contributed by atoms with Gasteiger partial charge in [0.15, 0.2) is 0 Å². The fraction of sp³-hybridized carbons (Fsp3) is 0.769. The van der Waals surface area contributed by atoms with Crippen molar-refractivity contribution in [3.63, 3.8) is 0 Å². The van der Waals surface area contributed by atoms with E-state index in [1.54, 1.807) is 0 Å². The predicted molar refractivity (Wildman–Crippen MR) is 69.5 cm³/mol. The van der Waals surface area contributed by atoms with Gasteiger partial charge in [-0.2, -0.15) is 0 Å². The molecular formula is C13H22N2O4. The van der Waals surface area contributed by atoms with Crippen LogP contribution in [-0.4, -0.2) is 47.4 Å². The highest BCUT2D eigenvalue weighted by molar-refractivity contribution is 5.84. The van der Waals surface area contributed by atoms with E-state index in [9.17, 15) is 14.4 Å². The second-order valence-electron chi connectivity index (χ2n) is 5.04. The Labute approximate surface area is 113 Å². The van der Waals surface area contributed by atoms with Crippen molar-refractivity contribution >= 4 is 17.8 Å². The topological polar surface area (TPSA) is 86.7 Å². The normalized spacial score (nSPS) is 16.9. The highest BCUT2D eigenvalue weighted by Crippen LogP contribution is 2.24. The van der Waals surface area contributed by atoms with E-state index in [4.69, 9.17) is 5.11 Å². The molecule has 6 nitrogen and oxygen atoms in total. The Hall–Kier alpha value is -1.59. The van der Waals surface area contributed by atoms with Gasteiger partial charge in [0, 0.05) is 25.9 Å². The molecule has 0 heterocycles. The van der Waals surface area contributed by atoms with Gasteiger partial charge in [0.25, 0.3) is 0 Å². The number of amides is 2. The minimum Gasteiger partial charge on any atom is -0.480 e. The molecule has 19 heavy (non-hydrogen) atoms. The fourth-order valence-corrected chi connectivity index (χ4v) is 2.18. The summed E-state index contributed by atoms with van der Waals surface area (Å²) in [6.07, 6.45) is 4.17. The van der Waals surface area contributed by atoms with Crippen molar-refractivity contribution in [3.8, 4) is 0 Å². The number of carbonyl (C=O) groups is 3. The zero-order valence-electron chi connectivity index (χ0n) is 11.5. The number of hydrogen-bond acceptors (Lipinski definition) is 3. The summed E-state index contributed by atoms with van der Waals surface area (Å²) >= 11 is 0. The highest BCUT2D eigenvalue weighted by Gasteiger charge is 2.24. The average molecular weight is 270 g/mol. The molecule has 6 heteroatoms. The molecule has 0 bridgehead atoms. The van der Waals surface area contributed by atoms with Crippen molar-refractivity contribution in [1.29, 1.82) is 0 Å². The number of rotatable bonds is 6. The summed E-state index contributed by atoms with van der Waals surface area (Å²) < 4.78 is 0. The van der Waals surface area contributed by atoms with Crippen LogP contribution in [0, 0.1) is 5.92 Å². The van der Waals surface area contributed by atoms with Crippen molar-refractivity contribution < 1.29 is 19.5 Å². The van der Waals surface area contributed by atoms with Crippen LogP contribution in [0.15, 0.2) is 0 Å². The van der Waals surface area contributed by atoms with E-state index >= 15 is 0 Å². The van der Waals surface area contributed by atoms with Crippen LogP contribution in [0.3, 0.4) is 0 Å². The van der Waals surface area contributed by atoms with Crippen LogP contribution < -0.4 is 5.32 Å². The first-order valence-electron chi connectivity index (χ1n) is 6.69. The second-order valence-corrected chi connectivity index (χ2v) is 5.04. The molecule has 1 atom stereocenters. The van der Waals surface area contributed by atoms with Gasteiger partial charge >= 0.3 is 5.97 Å². The summed E-state index contributed by atoms with van der Waals surface area (Å²) in [5, 5.41) is 11.5. The summed E-state index contributed by atoms with van der Waals surface area (Å²) in [6, 6.07) is -0.849. The Balaban J connectivity index is 2.26. The third-order valence-corrected chi connectivity index (χ3v) is 3.70. The molecule has 0 aromatic carbocycles. The molecule has 0 aromatic heterocycles. The summed E-state index contributed by atoms with van der Waals surface area (Å²) in [5.41, 5.74) is 0. The highest BCUT2D eigenvalue weighted by atomic mass is 16.4. The third kappa shape index (κ3) is 4.54. The van der Waals surface area contributed by atoms with Crippen LogP contribution in [0.4, 0.5) is 0 Å². The lowest BCUT2D eigenvalue weighted by atomic mass is 10.1. The van der Waals surface area contributed by atoms with E-state index < -0.39 is 12.0 Å². The van der Waals surface area contributed by atoms with Crippen LogP contribution in [-0.2, 0) is 14.4 Å². The maximum absolute atomic E-state index is 11.7. The molecule has 0 radical (unpaired) electrons.